The van der Waals surface area contributed by atoms with E-state index in [0.717, 1.165) is 32.5 Å². The van der Waals surface area contributed by atoms with Crippen LogP contribution >= 0.6 is 11.8 Å². The lowest BCUT2D eigenvalue weighted by atomic mass is 10.2. The quantitative estimate of drug-likeness (QED) is 0.303. The average molecular weight is 472 g/mol. The molecule has 0 spiro atoms. The number of nitrogens with one attached hydrogen (secondary N) is 1. The van der Waals surface area contributed by atoms with Crippen LogP contribution in [0.3, 0.4) is 0 Å². The molecule has 3 aromatic rings. The molecule has 1 amide bonds. The van der Waals surface area contributed by atoms with Crippen molar-refractivity contribution in [2.24, 2.45) is 5.10 Å². The number of benzene rings is 3. The molecule has 0 fully saturated rings. The van der Waals surface area contributed by atoms with E-state index in [1.807, 2.05) is 37.4 Å². The number of anilines is 1. The van der Waals surface area contributed by atoms with E-state index in [1.54, 1.807) is 36.0 Å². The van der Waals surface area contributed by atoms with Crippen LogP contribution in [0.4, 0.5) is 10.1 Å². The lowest BCUT2D eigenvalue weighted by Gasteiger charge is -2.23. The SMILES string of the molecule is CSc1ccc(/C=N\NC(=O)CN(c2ccc(C)cc2)S(=O)(=O)c2ccc(F)cc2)cc1. The Kier molecular flexibility index (Phi) is 7.66. The molecule has 0 unspecified atom stereocenters. The van der Waals surface area contributed by atoms with Gasteiger partial charge in [-0.1, -0.05) is 29.8 Å². The maximum atomic E-state index is 13.3. The van der Waals surface area contributed by atoms with Crippen molar-refractivity contribution >= 4 is 39.6 Å². The van der Waals surface area contributed by atoms with Gasteiger partial charge in [-0.05, 0) is 67.3 Å². The number of rotatable bonds is 8. The number of hydrazone groups is 1. The number of sulfonamides is 1. The Hall–Kier alpha value is -3.17. The van der Waals surface area contributed by atoms with Crippen LogP contribution in [0.2, 0.25) is 0 Å². The standard InChI is InChI=1S/C23H22FN3O3S2/c1-17-3-9-20(10-4-17)27(32(29,30)22-13-7-19(24)8-14-22)16-23(28)26-25-15-18-5-11-21(31-2)12-6-18/h3-15H,16H2,1-2H3,(H,26,28)/b25-15-. The number of hydrogen-bond acceptors (Lipinski definition) is 5. The fourth-order valence-corrected chi connectivity index (χ4v) is 4.62. The molecule has 0 atom stereocenters. The highest BCUT2D eigenvalue weighted by molar-refractivity contribution is 7.98. The zero-order valence-corrected chi connectivity index (χ0v) is 19.2. The summed E-state index contributed by atoms with van der Waals surface area (Å²) in [6.45, 7) is 1.38. The number of hydrogen-bond donors (Lipinski definition) is 1. The Labute approximate surface area is 191 Å². The van der Waals surface area contributed by atoms with Crippen molar-refractivity contribution < 1.29 is 17.6 Å². The Balaban J connectivity index is 1.80. The highest BCUT2D eigenvalue weighted by Crippen LogP contribution is 2.24. The smallest absolute Gasteiger partial charge is 0.264 e. The van der Waals surface area contributed by atoms with Gasteiger partial charge in [0.15, 0.2) is 0 Å². The normalized spacial score (nSPS) is 11.5. The molecule has 0 radical (unpaired) electrons. The largest absolute Gasteiger partial charge is 0.271 e. The van der Waals surface area contributed by atoms with Crippen molar-refractivity contribution in [3.05, 3.63) is 89.7 Å². The lowest BCUT2D eigenvalue weighted by Crippen LogP contribution is -2.39. The Morgan fingerprint density at radius 2 is 1.66 bits per heavy atom. The number of amides is 1. The van der Waals surface area contributed by atoms with Gasteiger partial charge in [-0.15, -0.1) is 11.8 Å². The van der Waals surface area contributed by atoms with Gasteiger partial charge in [0.2, 0.25) is 0 Å². The number of carbonyl (C=O) groups is 1. The van der Waals surface area contributed by atoms with Gasteiger partial charge in [-0.25, -0.2) is 18.2 Å². The van der Waals surface area contributed by atoms with Crippen molar-refractivity contribution in [3.8, 4) is 0 Å². The number of nitrogens with zero attached hydrogens (tertiary/aromatic N) is 2. The summed E-state index contributed by atoms with van der Waals surface area (Å²) in [7, 11) is -4.11. The maximum absolute atomic E-state index is 13.3. The molecule has 0 aliphatic carbocycles. The van der Waals surface area contributed by atoms with Crippen LogP contribution in [0.1, 0.15) is 11.1 Å². The zero-order valence-electron chi connectivity index (χ0n) is 17.5. The van der Waals surface area contributed by atoms with Crippen molar-refractivity contribution in [2.45, 2.75) is 16.7 Å². The van der Waals surface area contributed by atoms with Crippen molar-refractivity contribution in [1.82, 2.24) is 5.43 Å². The van der Waals surface area contributed by atoms with Gasteiger partial charge in [0.1, 0.15) is 12.4 Å². The van der Waals surface area contributed by atoms with Gasteiger partial charge in [0.25, 0.3) is 15.9 Å². The van der Waals surface area contributed by atoms with E-state index in [9.17, 15) is 17.6 Å². The van der Waals surface area contributed by atoms with E-state index in [-0.39, 0.29) is 4.90 Å². The third-order valence-corrected chi connectivity index (χ3v) is 7.06. The summed E-state index contributed by atoms with van der Waals surface area (Å²) < 4.78 is 40.7. The van der Waals surface area contributed by atoms with Gasteiger partial charge >= 0.3 is 0 Å². The third-order valence-electron chi connectivity index (χ3n) is 4.53. The molecule has 0 saturated carbocycles. The lowest BCUT2D eigenvalue weighted by molar-refractivity contribution is -0.119. The predicted molar refractivity (Wildman–Crippen MR) is 126 cm³/mol. The van der Waals surface area contributed by atoms with E-state index in [4.69, 9.17) is 0 Å². The monoisotopic (exact) mass is 471 g/mol. The minimum absolute atomic E-state index is 0.121. The predicted octanol–water partition coefficient (Wildman–Crippen LogP) is 4.20. The van der Waals surface area contributed by atoms with Crippen molar-refractivity contribution in [3.63, 3.8) is 0 Å². The topological polar surface area (TPSA) is 78.8 Å². The molecular formula is C23H22FN3O3S2. The van der Waals surface area contributed by atoms with Crippen molar-refractivity contribution in [1.29, 1.82) is 0 Å². The van der Waals surface area contributed by atoms with Crippen LogP contribution in [-0.2, 0) is 14.8 Å². The van der Waals surface area contributed by atoms with E-state index < -0.39 is 28.3 Å². The molecule has 0 aromatic heterocycles. The van der Waals surface area contributed by atoms with Gasteiger partial charge in [0.05, 0.1) is 16.8 Å². The molecule has 0 aliphatic heterocycles. The highest BCUT2D eigenvalue weighted by atomic mass is 32.2. The number of carbonyl (C=O) groups excluding carboxylic acids is 1. The van der Waals surface area contributed by atoms with E-state index in [0.29, 0.717) is 5.69 Å². The Bertz CT molecular complexity index is 1190. The van der Waals surface area contributed by atoms with Crippen LogP contribution < -0.4 is 9.73 Å². The molecule has 166 valence electrons. The first-order valence-corrected chi connectivity index (χ1v) is 12.3. The van der Waals surface area contributed by atoms with Crippen LogP contribution in [-0.4, -0.2) is 33.3 Å². The third kappa shape index (κ3) is 5.95. The summed E-state index contributed by atoms with van der Waals surface area (Å²) in [6, 6.07) is 18.8. The summed E-state index contributed by atoms with van der Waals surface area (Å²) in [5.41, 5.74) is 4.40. The van der Waals surface area contributed by atoms with Gasteiger partial charge in [-0.3, -0.25) is 9.10 Å². The second-order valence-corrected chi connectivity index (χ2v) is 9.61. The minimum atomic E-state index is -4.11. The molecule has 3 aromatic carbocycles. The fourth-order valence-electron chi connectivity index (χ4n) is 2.79. The molecule has 0 saturated heterocycles. The van der Waals surface area contributed by atoms with Crippen molar-refractivity contribution in [2.75, 3.05) is 17.1 Å². The molecule has 9 heteroatoms. The summed E-state index contributed by atoms with van der Waals surface area (Å²) in [5, 5.41) is 3.92. The molecule has 6 nitrogen and oxygen atoms in total. The zero-order chi connectivity index (χ0) is 23.1. The molecule has 3 rings (SSSR count). The van der Waals surface area contributed by atoms with E-state index in [1.165, 1.54) is 18.3 Å². The molecular weight excluding hydrogens is 449 g/mol. The molecule has 0 heterocycles. The summed E-state index contributed by atoms with van der Waals surface area (Å²) in [5.74, 6) is -1.17. The highest BCUT2D eigenvalue weighted by Gasteiger charge is 2.27. The second kappa shape index (κ2) is 10.4. The van der Waals surface area contributed by atoms with Crippen LogP contribution in [0, 0.1) is 12.7 Å². The molecule has 0 aliphatic rings. The van der Waals surface area contributed by atoms with Crippen LogP contribution in [0.5, 0.6) is 0 Å². The number of thioether (sulfide) groups is 1. The van der Waals surface area contributed by atoms with E-state index in [2.05, 4.69) is 10.5 Å². The van der Waals surface area contributed by atoms with Gasteiger partial charge in [-0.2, -0.15) is 5.10 Å². The summed E-state index contributed by atoms with van der Waals surface area (Å²) in [6.07, 6.45) is 3.45. The summed E-state index contributed by atoms with van der Waals surface area (Å²) in [4.78, 5) is 13.5. The first-order chi connectivity index (χ1) is 15.3. The second-order valence-electron chi connectivity index (χ2n) is 6.87. The van der Waals surface area contributed by atoms with Crippen LogP contribution in [0.25, 0.3) is 0 Å². The first-order valence-electron chi connectivity index (χ1n) is 9.60. The van der Waals surface area contributed by atoms with E-state index >= 15 is 0 Å². The van der Waals surface area contributed by atoms with Gasteiger partial charge < -0.3 is 0 Å². The number of halogens is 1. The fraction of sp³-hybridized carbons (Fsp3) is 0.130. The Morgan fingerprint density at radius 3 is 2.25 bits per heavy atom. The number of aryl methyl sites for hydroxylation is 1. The average Bonchev–Trinajstić information content (AvgIpc) is 2.79. The molecule has 1 N–H and O–H groups in total. The summed E-state index contributed by atoms with van der Waals surface area (Å²) >= 11 is 1.62. The van der Waals surface area contributed by atoms with Crippen LogP contribution in [0.15, 0.2) is 87.7 Å². The van der Waals surface area contributed by atoms with Gasteiger partial charge in [0, 0.05) is 4.90 Å². The minimum Gasteiger partial charge on any atom is -0.271 e. The Morgan fingerprint density at radius 1 is 1.03 bits per heavy atom. The first kappa shape index (κ1) is 23.5. The molecule has 0 bridgehead atoms. The maximum Gasteiger partial charge on any atom is 0.264 e. The molecule has 32 heavy (non-hydrogen) atoms.